The third-order valence-corrected chi connectivity index (χ3v) is 7.83. The Morgan fingerprint density at radius 1 is 0.878 bits per heavy atom. The van der Waals surface area contributed by atoms with Crippen molar-refractivity contribution in [3.8, 4) is 17.2 Å². The lowest BCUT2D eigenvalue weighted by Gasteiger charge is -2.18. The Kier molecular flexibility index (Phi) is 18.2. The van der Waals surface area contributed by atoms with Crippen molar-refractivity contribution in [3.63, 3.8) is 0 Å². The Morgan fingerprint density at radius 2 is 1.56 bits per heavy atom. The Hall–Kier alpha value is -2.32. The molecule has 2 aromatic carbocycles. The van der Waals surface area contributed by atoms with Crippen LogP contribution in [0.25, 0.3) is 0 Å². The number of ether oxygens (including phenoxy) is 3. The molecule has 0 fully saturated rings. The molecule has 0 aliphatic carbocycles. The van der Waals surface area contributed by atoms with Crippen molar-refractivity contribution < 1.29 is 19.0 Å². The zero-order valence-electron chi connectivity index (χ0n) is 24.9. The molecule has 0 bridgehead atoms. The summed E-state index contributed by atoms with van der Waals surface area (Å²) in [5.41, 5.74) is 1.87. The van der Waals surface area contributed by atoms with Gasteiger partial charge >= 0.3 is 0 Å². The summed E-state index contributed by atoms with van der Waals surface area (Å²) in [5.74, 6) is 2.56. The van der Waals surface area contributed by atoms with Crippen LogP contribution in [0, 0.1) is 0 Å². The summed E-state index contributed by atoms with van der Waals surface area (Å²) in [5, 5.41) is 5.09. The summed E-state index contributed by atoms with van der Waals surface area (Å²) in [6.45, 7) is 3.53. The smallest absolute Gasteiger partial charge is 0.262 e. The molecule has 0 aromatic heterocycles. The van der Waals surface area contributed by atoms with Gasteiger partial charge in [-0.15, -0.1) is 28.7 Å². The number of anilines is 1. The second kappa shape index (κ2) is 21.4. The van der Waals surface area contributed by atoms with Crippen molar-refractivity contribution in [1.29, 1.82) is 0 Å². The second-order valence-corrected chi connectivity index (χ2v) is 11.2. The maximum absolute atomic E-state index is 12.8. The highest BCUT2D eigenvalue weighted by Crippen LogP contribution is 2.32. The third-order valence-electron chi connectivity index (χ3n) is 7.04. The number of rotatable bonds is 21. The summed E-state index contributed by atoms with van der Waals surface area (Å²) < 4.78 is 17.3. The van der Waals surface area contributed by atoms with E-state index in [1.54, 1.807) is 24.9 Å². The van der Waals surface area contributed by atoms with Gasteiger partial charge in [-0.3, -0.25) is 4.79 Å². The normalized spacial score (nSPS) is 12.2. The quantitative estimate of drug-likeness (QED) is 0.136. The van der Waals surface area contributed by atoms with Gasteiger partial charge in [0.2, 0.25) is 0 Å². The van der Waals surface area contributed by atoms with E-state index in [-0.39, 0.29) is 29.5 Å². The van der Waals surface area contributed by atoms with Crippen LogP contribution in [-0.4, -0.2) is 37.0 Å². The van der Waals surface area contributed by atoms with E-state index in [2.05, 4.69) is 28.7 Å². The molecule has 6 nitrogen and oxygen atoms in total. The fourth-order valence-corrected chi connectivity index (χ4v) is 5.42. The highest BCUT2D eigenvalue weighted by atomic mass is 79.9. The van der Waals surface area contributed by atoms with Crippen molar-refractivity contribution in [2.24, 2.45) is 0 Å². The van der Waals surface area contributed by atoms with Gasteiger partial charge in [-0.2, -0.15) is 0 Å². The van der Waals surface area contributed by atoms with Gasteiger partial charge in [-0.1, -0.05) is 95.8 Å². The molecule has 1 aliphatic heterocycles. The maximum atomic E-state index is 12.8. The lowest BCUT2D eigenvalue weighted by Crippen LogP contribution is -2.22. The molecule has 41 heavy (non-hydrogen) atoms. The number of methoxy groups -OCH3 is 1. The standard InChI is InChI=1S/C33H48N2O4S.BrH/c1-3-4-5-6-7-8-9-10-11-12-13-16-22-38-32-24-29(37-2)19-20-31(32)39-26-33(36)34-30-18-15-14-17-28(30)25-35-21-23-40-27-35;/h14-15,17-21,23-24H,3-13,16,22,25-27H2,1-2H3,(H,34,36);1H. The van der Waals surface area contributed by atoms with Crippen LogP contribution < -0.4 is 19.5 Å². The molecule has 2 aromatic rings. The molecule has 0 spiro atoms. The molecular formula is C33H49BrN2O4S. The number of halogens is 1. The van der Waals surface area contributed by atoms with Gasteiger partial charge in [0.25, 0.3) is 5.91 Å². The minimum absolute atomic E-state index is 0. The van der Waals surface area contributed by atoms with E-state index in [9.17, 15) is 4.79 Å². The van der Waals surface area contributed by atoms with Crippen LogP contribution in [0.5, 0.6) is 17.2 Å². The van der Waals surface area contributed by atoms with Crippen LogP contribution >= 0.6 is 28.7 Å². The highest BCUT2D eigenvalue weighted by molar-refractivity contribution is 8.93. The maximum Gasteiger partial charge on any atom is 0.262 e. The van der Waals surface area contributed by atoms with Gasteiger partial charge in [-0.05, 0) is 35.6 Å². The van der Waals surface area contributed by atoms with Crippen molar-refractivity contribution in [3.05, 3.63) is 59.6 Å². The molecule has 1 amide bonds. The number of nitrogens with zero attached hydrogens (tertiary/aromatic N) is 1. The molecule has 3 rings (SSSR count). The van der Waals surface area contributed by atoms with Crippen LogP contribution in [0.15, 0.2) is 54.1 Å². The van der Waals surface area contributed by atoms with Crippen LogP contribution in [-0.2, 0) is 11.3 Å². The molecule has 1 N–H and O–H groups in total. The van der Waals surface area contributed by atoms with Gasteiger partial charge in [-0.25, -0.2) is 0 Å². The first kappa shape index (κ1) is 34.9. The van der Waals surface area contributed by atoms with Crippen LogP contribution in [0.4, 0.5) is 5.69 Å². The molecule has 0 unspecified atom stereocenters. The van der Waals surface area contributed by atoms with Crippen molar-refractivity contribution in [2.45, 2.75) is 90.5 Å². The summed E-state index contributed by atoms with van der Waals surface area (Å²) >= 11 is 1.76. The van der Waals surface area contributed by atoms with E-state index in [4.69, 9.17) is 14.2 Å². The zero-order valence-corrected chi connectivity index (χ0v) is 27.4. The lowest BCUT2D eigenvalue weighted by molar-refractivity contribution is -0.118. The van der Waals surface area contributed by atoms with E-state index in [0.29, 0.717) is 23.9 Å². The Morgan fingerprint density at radius 3 is 2.22 bits per heavy atom. The molecule has 1 heterocycles. The van der Waals surface area contributed by atoms with Crippen LogP contribution in [0.2, 0.25) is 0 Å². The monoisotopic (exact) mass is 648 g/mol. The average Bonchev–Trinajstić information content (AvgIpc) is 3.49. The van der Waals surface area contributed by atoms with Crippen LogP contribution in [0.1, 0.15) is 89.5 Å². The number of thioether (sulfide) groups is 1. The molecule has 0 radical (unpaired) electrons. The first-order chi connectivity index (χ1) is 19.7. The largest absolute Gasteiger partial charge is 0.497 e. The predicted octanol–water partition coefficient (Wildman–Crippen LogP) is 9.35. The lowest BCUT2D eigenvalue weighted by atomic mass is 10.1. The minimum atomic E-state index is -0.207. The molecular weight excluding hydrogens is 600 g/mol. The zero-order chi connectivity index (χ0) is 28.3. The number of hydrogen-bond acceptors (Lipinski definition) is 6. The molecule has 8 heteroatoms. The summed E-state index contributed by atoms with van der Waals surface area (Å²) in [7, 11) is 1.63. The van der Waals surface area contributed by atoms with Gasteiger partial charge in [0.15, 0.2) is 18.1 Å². The number of carbonyl (C=O) groups excluding carboxylic acids is 1. The van der Waals surface area contributed by atoms with Crippen molar-refractivity contribution in [1.82, 2.24) is 4.90 Å². The van der Waals surface area contributed by atoms with E-state index < -0.39 is 0 Å². The van der Waals surface area contributed by atoms with Crippen molar-refractivity contribution >= 4 is 40.3 Å². The molecule has 0 saturated carbocycles. The van der Waals surface area contributed by atoms with Crippen LogP contribution in [0.3, 0.4) is 0 Å². The van der Waals surface area contributed by atoms with E-state index >= 15 is 0 Å². The molecule has 0 atom stereocenters. The van der Waals surface area contributed by atoms with Gasteiger partial charge in [0.1, 0.15) is 5.75 Å². The number of unbranched alkanes of at least 4 members (excludes halogenated alkanes) is 11. The predicted molar refractivity (Wildman–Crippen MR) is 178 cm³/mol. The SMILES string of the molecule is Br.CCCCCCCCCCCCCCOc1cc(OC)ccc1OCC(=O)Nc1ccccc1CN1C=CSC1. The number of hydrogen-bond donors (Lipinski definition) is 1. The first-order valence-electron chi connectivity index (χ1n) is 15.0. The topological polar surface area (TPSA) is 60.0 Å². The number of amides is 1. The van der Waals surface area contributed by atoms with Crippen molar-refractivity contribution in [2.75, 3.05) is 31.5 Å². The summed E-state index contributed by atoms with van der Waals surface area (Å²) in [4.78, 5) is 15.0. The Labute approximate surface area is 262 Å². The number of carbonyl (C=O) groups is 1. The highest BCUT2D eigenvalue weighted by Gasteiger charge is 2.13. The third kappa shape index (κ3) is 13.9. The number of nitrogens with one attached hydrogen (secondary N) is 1. The summed E-state index contributed by atoms with van der Waals surface area (Å²) in [6.07, 6.45) is 17.7. The summed E-state index contributed by atoms with van der Waals surface area (Å²) in [6, 6.07) is 13.3. The fourth-order valence-electron chi connectivity index (χ4n) is 4.71. The first-order valence-corrected chi connectivity index (χ1v) is 16.1. The van der Waals surface area contributed by atoms with Gasteiger partial charge < -0.3 is 24.4 Å². The Bertz CT molecular complexity index is 1040. The number of benzene rings is 2. The van der Waals surface area contributed by atoms with E-state index in [0.717, 1.165) is 36.5 Å². The van der Waals surface area contributed by atoms with E-state index in [1.165, 1.54) is 64.2 Å². The van der Waals surface area contributed by atoms with Gasteiger partial charge in [0.05, 0.1) is 19.6 Å². The molecule has 0 saturated heterocycles. The van der Waals surface area contributed by atoms with E-state index in [1.807, 2.05) is 36.4 Å². The second-order valence-electron chi connectivity index (χ2n) is 10.4. The number of para-hydroxylation sites is 1. The van der Waals surface area contributed by atoms with Gasteiger partial charge in [0, 0.05) is 24.5 Å². The fraction of sp³-hybridized carbons (Fsp3) is 0.545. The minimum Gasteiger partial charge on any atom is -0.497 e. The molecule has 228 valence electrons. The Balaban J connectivity index is 0.00000588. The molecule has 1 aliphatic rings. The average molecular weight is 650 g/mol.